The van der Waals surface area contributed by atoms with Crippen LogP contribution in [0.3, 0.4) is 0 Å². The van der Waals surface area contributed by atoms with Gasteiger partial charge in [-0.3, -0.25) is 4.79 Å². The molecule has 0 radical (unpaired) electrons. The molecular formula is C12H24N2O4. The van der Waals surface area contributed by atoms with Gasteiger partial charge in [-0.1, -0.05) is 13.3 Å². The van der Waals surface area contributed by atoms with Gasteiger partial charge in [0.15, 0.2) is 0 Å². The Bertz CT molecular complexity index is 252. The Balaban J connectivity index is 4.02. The molecule has 0 aliphatic rings. The van der Waals surface area contributed by atoms with E-state index in [1.807, 2.05) is 0 Å². The number of hydrogen-bond acceptors (Lipinski definition) is 4. The topological polar surface area (TPSA) is 98.7 Å². The smallest absolute Gasteiger partial charge is 0.327 e. The molecule has 0 aromatic rings. The van der Waals surface area contributed by atoms with Crippen LogP contribution in [0.2, 0.25) is 0 Å². The van der Waals surface area contributed by atoms with Crippen molar-refractivity contribution >= 4 is 11.9 Å². The van der Waals surface area contributed by atoms with Crippen molar-refractivity contribution < 1.29 is 19.8 Å². The quantitative estimate of drug-likeness (QED) is 0.442. The monoisotopic (exact) mass is 260 g/mol. The fourth-order valence-electron chi connectivity index (χ4n) is 1.82. The average Bonchev–Trinajstić information content (AvgIpc) is 2.27. The highest BCUT2D eigenvalue weighted by Gasteiger charge is 2.18. The number of carbonyl (C=O) groups is 2. The van der Waals surface area contributed by atoms with E-state index in [2.05, 4.69) is 17.6 Å². The van der Waals surface area contributed by atoms with Crippen LogP contribution in [0.5, 0.6) is 0 Å². The molecule has 18 heavy (non-hydrogen) atoms. The van der Waals surface area contributed by atoms with E-state index in [1.165, 1.54) is 6.92 Å². The first-order valence-electron chi connectivity index (χ1n) is 6.32. The molecule has 0 heterocycles. The molecule has 0 spiro atoms. The van der Waals surface area contributed by atoms with Crippen LogP contribution in [-0.4, -0.2) is 47.8 Å². The van der Waals surface area contributed by atoms with Gasteiger partial charge < -0.3 is 20.8 Å². The molecule has 6 heteroatoms. The highest BCUT2D eigenvalue weighted by molar-refractivity contribution is 5.82. The largest absolute Gasteiger partial charge is 0.480 e. The van der Waals surface area contributed by atoms with Gasteiger partial charge in [0.2, 0.25) is 5.91 Å². The third-order valence-electron chi connectivity index (χ3n) is 2.69. The first-order valence-corrected chi connectivity index (χ1v) is 6.32. The summed E-state index contributed by atoms with van der Waals surface area (Å²) in [4.78, 5) is 21.7. The zero-order chi connectivity index (χ0) is 14.0. The van der Waals surface area contributed by atoms with Crippen molar-refractivity contribution in [2.24, 2.45) is 5.92 Å². The molecule has 2 unspecified atom stereocenters. The van der Waals surface area contributed by atoms with Crippen LogP contribution in [0.15, 0.2) is 0 Å². The summed E-state index contributed by atoms with van der Waals surface area (Å²) >= 11 is 0. The first kappa shape index (κ1) is 16.9. The van der Waals surface area contributed by atoms with E-state index in [1.54, 1.807) is 0 Å². The van der Waals surface area contributed by atoms with Crippen molar-refractivity contribution in [3.8, 4) is 0 Å². The van der Waals surface area contributed by atoms with E-state index in [4.69, 9.17) is 10.2 Å². The summed E-state index contributed by atoms with van der Waals surface area (Å²) in [6, 6.07) is -0.904. The maximum absolute atomic E-state index is 10.9. The zero-order valence-electron chi connectivity index (χ0n) is 11.1. The standard InChI is InChI=1S/C12H24N2O4/c1-3-4-10(5-6-15)7-13-8-11(12(17)18)14-9(2)16/h10-11,13,15H,3-8H2,1-2H3,(H,14,16)(H,17,18). The molecule has 0 aromatic heterocycles. The number of aliphatic hydroxyl groups is 1. The minimum absolute atomic E-state index is 0.139. The Labute approximate surface area is 108 Å². The SMILES string of the molecule is CCCC(CCO)CNCC(NC(C)=O)C(=O)O. The summed E-state index contributed by atoms with van der Waals surface area (Å²) in [6.45, 7) is 4.35. The minimum atomic E-state index is -1.05. The van der Waals surface area contributed by atoms with Gasteiger partial charge in [-0.05, 0) is 25.3 Å². The Morgan fingerprint density at radius 2 is 1.89 bits per heavy atom. The van der Waals surface area contributed by atoms with Crippen LogP contribution in [0.4, 0.5) is 0 Å². The summed E-state index contributed by atoms with van der Waals surface area (Å²) in [7, 11) is 0. The molecule has 106 valence electrons. The lowest BCUT2D eigenvalue weighted by atomic mass is 10.0. The highest BCUT2D eigenvalue weighted by Crippen LogP contribution is 2.09. The van der Waals surface area contributed by atoms with Crippen LogP contribution < -0.4 is 10.6 Å². The Morgan fingerprint density at radius 3 is 2.33 bits per heavy atom. The molecule has 0 aliphatic heterocycles. The van der Waals surface area contributed by atoms with E-state index < -0.39 is 12.0 Å². The molecule has 0 rings (SSSR count). The fraction of sp³-hybridized carbons (Fsp3) is 0.833. The van der Waals surface area contributed by atoms with Crippen molar-refractivity contribution in [1.82, 2.24) is 10.6 Å². The lowest BCUT2D eigenvalue weighted by Crippen LogP contribution is -2.47. The molecular weight excluding hydrogens is 236 g/mol. The van der Waals surface area contributed by atoms with Crippen molar-refractivity contribution in [2.45, 2.75) is 39.2 Å². The molecule has 0 saturated carbocycles. The van der Waals surface area contributed by atoms with Gasteiger partial charge in [0, 0.05) is 20.1 Å². The number of carboxylic acids is 1. The van der Waals surface area contributed by atoms with Gasteiger partial charge in [0.1, 0.15) is 6.04 Å². The second-order valence-electron chi connectivity index (χ2n) is 4.42. The van der Waals surface area contributed by atoms with Crippen LogP contribution in [0.25, 0.3) is 0 Å². The molecule has 2 atom stereocenters. The second kappa shape index (κ2) is 9.85. The van der Waals surface area contributed by atoms with Gasteiger partial charge in [0.05, 0.1) is 0 Å². The number of aliphatic hydroxyl groups excluding tert-OH is 1. The van der Waals surface area contributed by atoms with Crippen molar-refractivity contribution in [1.29, 1.82) is 0 Å². The Kier molecular flexibility index (Phi) is 9.22. The minimum Gasteiger partial charge on any atom is -0.480 e. The van der Waals surface area contributed by atoms with Crippen molar-refractivity contribution in [3.63, 3.8) is 0 Å². The number of aliphatic carboxylic acids is 1. The Morgan fingerprint density at radius 1 is 1.22 bits per heavy atom. The average molecular weight is 260 g/mol. The number of carboxylic acid groups (broad SMARTS) is 1. The highest BCUT2D eigenvalue weighted by atomic mass is 16.4. The van der Waals surface area contributed by atoms with Crippen molar-refractivity contribution in [2.75, 3.05) is 19.7 Å². The van der Waals surface area contributed by atoms with E-state index in [-0.39, 0.29) is 19.1 Å². The van der Waals surface area contributed by atoms with Crippen molar-refractivity contribution in [3.05, 3.63) is 0 Å². The van der Waals surface area contributed by atoms with E-state index in [0.29, 0.717) is 18.9 Å². The van der Waals surface area contributed by atoms with Gasteiger partial charge in [0.25, 0.3) is 0 Å². The van der Waals surface area contributed by atoms with Crippen LogP contribution in [-0.2, 0) is 9.59 Å². The number of hydrogen-bond donors (Lipinski definition) is 4. The second-order valence-corrected chi connectivity index (χ2v) is 4.42. The van der Waals surface area contributed by atoms with E-state index in [0.717, 1.165) is 12.8 Å². The molecule has 0 aliphatic carbocycles. The summed E-state index contributed by atoms with van der Waals surface area (Å²) in [6.07, 6.45) is 2.73. The molecule has 0 fully saturated rings. The van der Waals surface area contributed by atoms with Gasteiger partial charge in [-0.15, -0.1) is 0 Å². The lowest BCUT2D eigenvalue weighted by molar-refractivity contribution is -0.141. The zero-order valence-corrected chi connectivity index (χ0v) is 11.1. The predicted molar refractivity (Wildman–Crippen MR) is 68.2 cm³/mol. The van der Waals surface area contributed by atoms with Crippen LogP contribution >= 0.6 is 0 Å². The molecule has 0 bridgehead atoms. The summed E-state index contributed by atoms with van der Waals surface area (Å²) in [5.74, 6) is -1.07. The lowest BCUT2D eigenvalue weighted by Gasteiger charge is -2.18. The number of rotatable bonds is 10. The summed E-state index contributed by atoms with van der Waals surface area (Å²) in [5, 5.41) is 23.2. The Hall–Kier alpha value is -1.14. The normalized spacial score (nSPS) is 13.9. The molecule has 0 aromatic carbocycles. The summed E-state index contributed by atoms with van der Waals surface area (Å²) in [5.41, 5.74) is 0. The van der Waals surface area contributed by atoms with Gasteiger partial charge in [-0.2, -0.15) is 0 Å². The summed E-state index contributed by atoms with van der Waals surface area (Å²) < 4.78 is 0. The maximum Gasteiger partial charge on any atom is 0.327 e. The first-order chi connectivity index (χ1) is 8.51. The van der Waals surface area contributed by atoms with Gasteiger partial charge >= 0.3 is 5.97 Å². The molecule has 1 amide bonds. The third kappa shape index (κ3) is 8.03. The fourth-order valence-corrected chi connectivity index (χ4v) is 1.82. The number of carbonyl (C=O) groups excluding carboxylic acids is 1. The maximum atomic E-state index is 10.9. The molecule has 4 N–H and O–H groups in total. The number of nitrogens with one attached hydrogen (secondary N) is 2. The van der Waals surface area contributed by atoms with Crippen LogP contribution in [0.1, 0.15) is 33.1 Å². The van der Waals surface area contributed by atoms with E-state index >= 15 is 0 Å². The van der Waals surface area contributed by atoms with E-state index in [9.17, 15) is 9.59 Å². The van der Waals surface area contributed by atoms with Crippen LogP contribution in [0, 0.1) is 5.92 Å². The molecule has 6 nitrogen and oxygen atoms in total. The number of amides is 1. The van der Waals surface area contributed by atoms with Gasteiger partial charge in [-0.25, -0.2) is 4.79 Å². The predicted octanol–water partition coefficient (Wildman–Crippen LogP) is -0.0360. The third-order valence-corrected chi connectivity index (χ3v) is 2.69. The molecule has 0 saturated heterocycles.